The number of aliphatic hydroxyl groups is 1. The summed E-state index contributed by atoms with van der Waals surface area (Å²) in [5.74, 6) is 0.862. The highest BCUT2D eigenvalue weighted by molar-refractivity contribution is 5.80. The highest BCUT2D eigenvalue weighted by atomic mass is 16.3. The van der Waals surface area contributed by atoms with Crippen LogP contribution < -0.4 is 0 Å². The molecule has 0 radical (unpaired) electrons. The summed E-state index contributed by atoms with van der Waals surface area (Å²) in [6, 6.07) is 8.41. The first-order chi connectivity index (χ1) is 8.24. The fourth-order valence-corrected chi connectivity index (χ4v) is 2.57. The van der Waals surface area contributed by atoms with Crippen molar-refractivity contribution in [1.29, 1.82) is 0 Å². The summed E-state index contributed by atoms with van der Waals surface area (Å²) >= 11 is 0. The Labute approximate surface area is 102 Å². The Kier molecular flexibility index (Phi) is 2.67. The van der Waals surface area contributed by atoms with E-state index in [-0.39, 0.29) is 6.10 Å². The first-order valence-electron chi connectivity index (χ1n) is 6.51. The van der Waals surface area contributed by atoms with Crippen molar-refractivity contribution < 1.29 is 5.11 Å². The van der Waals surface area contributed by atoms with Gasteiger partial charge in [0.1, 0.15) is 0 Å². The first kappa shape index (κ1) is 10.8. The Morgan fingerprint density at radius 3 is 2.82 bits per heavy atom. The van der Waals surface area contributed by atoms with Crippen molar-refractivity contribution in [2.24, 2.45) is 5.92 Å². The van der Waals surface area contributed by atoms with Crippen LogP contribution in [0.2, 0.25) is 0 Å². The van der Waals surface area contributed by atoms with E-state index in [9.17, 15) is 5.11 Å². The van der Waals surface area contributed by atoms with E-state index in [0.717, 1.165) is 18.0 Å². The zero-order valence-electron chi connectivity index (χ0n) is 10.3. The molecule has 1 fully saturated rings. The van der Waals surface area contributed by atoms with Crippen molar-refractivity contribution in [3.63, 3.8) is 0 Å². The molecular formula is C15H19NO. The third-order valence-electron chi connectivity index (χ3n) is 3.96. The number of nitrogens with zero attached hydrogens (tertiary/aromatic N) is 1. The maximum absolute atomic E-state index is 9.64. The Balaban J connectivity index is 1.96. The standard InChI is InChI=1S/C15H19NO/c1-11(17)14-6-5-13-7-8-16(15(13)9-14)10-12-3-2-4-12/h5-9,11-12,17H,2-4,10H2,1H3. The van der Waals surface area contributed by atoms with Gasteiger partial charge in [0.15, 0.2) is 0 Å². The highest BCUT2D eigenvalue weighted by Crippen LogP contribution is 2.30. The average Bonchev–Trinajstić information content (AvgIpc) is 2.65. The lowest BCUT2D eigenvalue weighted by molar-refractivity contribution is 0.199. The number of fused-ring (bicyclic) bond motifs is 1. The van der Waals surface area contributed by atoms with Crippen LogP contribution in [0.3, 0.4) is 0 Å². The zero-order valence-corrected chi connectivity index (χ0v) is 10.3. The van der Waals surface area contributed by atoms with Gasteiger partial charge in [0, 0.05) is 18.3 Å². The van der Waals surface area contributed by atoms with Crippen molar-refractivity contribution >= 4 is 10.9 Å². The van der Waals surface area contributed by atoms with Crippen LogP contribution in [0.1, 0.15) is 37.9 Å². The summed E-state index contributed by atoms with van der Waals surface area (Å²) in [5, 5.41) is 10.9. The number of benzene rings is 1. The van der Waals surface area contributed by atoms with Gasteiger partial charge in [0.2, 0.25) is 0 Å². The van der Waals surface area contributed by atoms with Gasteiger partial charge in [-0.15, -0.1) is 0 Å². The van der Waals surface area contributed by atoms with Crippen molar-refractivity contribution in [1.82, 2.24) is 4.57 Å². The second kappa shape index (κ2) is 4.19. The van der Waals surface area contributed by atoms with E-state index < -0.39 is 0 Å². The second-order valence-corrected chi connectivity index (χ2v) is 5.26. The van der Waals surface area contributed by atoms with Gasteiger partial charge < -0.3 is 9.67 Å². The molecule has 1 atom stereocenters. The number of hydrogen-bond acceptors (Lipinski definition) is 1. The third-order valence-corrected chi connectivity index (χ3v) is 3.96. The van der Waals surface area contributed by atoms with Crippen molar-refractivity contribution in [2.75, 3.05) is 0 Å². The van der Waals surface area contributed by atoms with Crippen LogP contribution in [-0.4, -0.2) is 9.67 Å². The fraction of sp³-hybridized carbons (Fsp3) is 0.467. The van der Waals surface area contributed by atoms with Crippen LogP contribution in [-0.2, 0) is 6.54 Å². The molecule has 0 saturated heterocycles. The number of aromatic nitrogens is 1. The normalized spacial score (nSPS) is 18.2. The molecular weight excluding hydrogens is 210 g/mol. The molecule has 2 aromatic rings. The molecule has 1 N–H and O–H groups in total. The molecule has 1 aliphatic rings. The molecule has 17 heavy (non-hydrogen) atoms. The lowest BCUT2D eigenvalue weighted by atomic mass is 9.85. The number of aliphatic hydroxyl groups excluding tert-OH is 1. The maximum Gasteiger partial charge on any atom is 0.0762 e. The smallest absolute Gasteiger partial charge is 0.0762 e. The molecule has 1 unspecified atom stereocenters. The van der Waals surface area contributed by atoms with Crippen molar-refractivity contribution in [3.8, 4) is 0 Å². The second-order valence-electron chi connectivity index (χ2n) is 5.26. The first-order valence-corrected chi connectivity index (χ1v) is 6.51. The molecule has 0 spiro atoms. The van der Waals surface area contributed by atoms with Gasteiger partial charge in [0.25, 0.3) is 0 Å². The Hall–Kier alpha value is -1.28. The zero-order chi connectivity index (χ0) is 11.8. The summed E-state index contributed by atoms with van der Waals surface area (Å²) in [4.78, 5) is 0. The van der Waals surface area contributed by atoms with Crippen molar-refractivity contribution in [2.45, 2.75) is 38.8 Å². The van der Waals surface area contributed by atoms with Crippen LogP contribution in [0.15, 0.2) is 30.5 Å². The predicted octanol–water partition coefficient (Wildman–Crippen LogP) is 3.49. The SMILES string of the molecule is CC(O)c1ccc2ccn(CC3CCC3)c2c1. The van der Waals surface area contributed by atoms with Gasteiger partial charge in [-0.25, -0.2) is 0 Å². The summed E-state index contributed by atoms with van der Waals surface area (Å²) < 4.78 is 2.34. The maximum atomic E-state index is 9.64. The van der Waals surface area contributed by atoms with Gasteiger partial charge in [-0.05, 0) is 48.8 Å². The minimum absolute atomic E-state index is 0.383. The molecule has 1 aromatic heterocycles. The molecule has 1 heterocycles. The predicted molar refractivity (Wildman–Crippen MR) is 69.9 cm³/mol. The van der Waals surface area contributed by atoms with Crippen molar-refractivity contribution in [3.05, 3.63) is 36.0 Å². The molecule has 0 amide bonds. The van der Waals surface area contributed by atoms with Gasteiger partial charge >= 0.3 is 0 Å². The van der Waals surface area contributed by atoms with Crippen LogP contribution in [0.5, 0.6) is 0 Å². The van der Waals surface area contributed by atoms with E-state index >= 15 is 0 Å². The molecule has 0 aliphatic heterocycles. The summed E-state index contributed by atoms with van der Waals surface area (Å²) in [6.45, 7) is 2.95. The van der Waals surface area contributed by atoms with Crippen LogP contribution in [0.4, 0.5) is 0 Å². The molecule has 1 aliphatic carbocycles. The molecule has 2 nitrogen and oxygen atoms in total. The van der Waals surface area contributed by atoms with Gasteiger partial charge in [-0.2, -0.15) is 0 Å². The lowest BCUT2D eigenvalue weighted by Gasteiger charge is -2.26. The molecule has 0 bridgehead atoms. The molecule has 1 aromatic carbocycles. The molecule has 3 rings (SSSR count). The Bertz CT molecular complexity index is 523. The van der Waals surface area contributed by atoms with Crippen LogP contribution in [0.25, 0.3) is 10.9 Å². The highest BCUT2D eigenvalue weighted by Gasteiger charge is 2.18. The van der Waals surface area contributed by atoms with Gasteiger partial charge in [-0.3, -0.25) is 0 Å². The molecule has 2 heteroatoms. The van der Waals surface area contributed by atoms with Gasteiger partial charge in [-0.1, -0.05) is 18.6 Å². The third kappa shape index (κ3) is 1.98. The summed E-state index contributed by atoms with van der Waals surface area (Å²) in [7, 11) is 0. The van der Waals surface area contributed by atoms with Crippen LogP contribution in [0, 0.1) is 5.92 Å². The Morgan fingerprint density at radius 2 is 2.18 bits per heavy atom. The van der Waals surface area contributed by atoms with E-state index in [2.05, 4.69) is 29.0 Å². The van der Waals surface area contributed by atoms with E-state index in [1.165, 1.54) is 30.2 Å². The van der Waals surface area contributed by atoms with E-state index in [0.29, 0.717) is 0 Å². The minimum Gasteiger partial charge on any atom is -0.389 e. The minimum atomic E-state index is -0.383. The monoisotopic (exact) mass is 229 g/mol. The van der Waals surface area contributed by atoms with E-state index in [4.69, 9.17) is 0 Å². The summed E-state index contributed by atoms with van der Waals surface area (Å²) in [5.41, 5.74) is 2.27. The number of hydrogen-bond donors (Lipinski definition) is 1. The molecule has 90 valence electrons. The van der Waals surface area contributed by atoms with E-state index in [1.807, 2.05) is 13.0 Å². The largest absolute Gasteiger partial charge is 0.389 e. The molecule has 1 saturated carbocycles. The van der Waals surface area contributed by atoms with E-state index in [1.54, 1.807) is 0 Å². The van der Waals surface area contributed by atoms with Gasteiger partial charge in [0.05, 0.1) is 6.10 Å². The number of rotatable bonds is 3. The topological polar surface area (TPSA) is 25.2 Å². The average molecular weight is 229 g/mol. The summed E-state index contributed by atoms with van der Waals surface area (Å²) in [6.07, 6.45) is 5.93. The lowest BCUT2D eigenvalue weighted by Crippen LogP contribution is -2.17. The quantitative estimate of drug-likeness (QED) is 0.856. The fourth-order valence-electron chi connectivity index (χ4n) is 2.57. The van der Waals surface area contributed by atoms with Crippen LogP contribution >= 0.6 is 0 Å². The Morgan fingerprint density at radius 1 is 1.35 bits per heavy atom.